The van der Waals surface area contributed by atoms with Crippen LogP contribution in [0.3, 0.4) is 0 Å². The summed E-state index contributed by atoms with van der Waals surface area (Å²) in [5.74, 6) is 0.0716. The van der Waals surface area contributed by atoms with E-state index in [0.717, 1.165) is 17.5 Å². The second kappa shape index (κ2) is 4.67. The Balaban J connectivity index is 2.33. The van der Waals surface area contributed by atoms with Gasteiger partial charge in [-0.3, -0.25) is 4.72 Å². The molecule has 2 heterocycles. The largest absolute Gasteiger partial charge is 0.382 e. The highest BCUT2D eigenvalue weighted by molar-refractivity contribution is 7.93. The molecule has 3 N–H and O–H groups in total. The third-order valence-electron chi connectivity index (χ3n) is 1.90. The minimum atomic E-state index is -3.78. The van der Waals surface area contributed by atoms with Crippen LogP contribution in [0.25, 0.3) is 0 Å². The Morgan fingerprint density at radius 2 is 2.17 bits per heavy atom. The highest BCUT2D eigenvalue weighted by Crippen LogP contribution is 2.23. The standard InChI is InChI=1S/C8H8ClN5O2S2/c1-4-12-13-8(17-4)14-18(15,16)5-2-6(9)7(10)11-3-5/h2-3H,1H3,(H2,10,11)(H,13,14). The smallest absolute Gasteiger partial charge is 0.265 e. The molecule has 0 aromatic carbocycles. The van der Waals surface area contributed by atoms with Gasteiger partial charge in [-0.2, -0.15) is 0 Å². The molecule has 0 bridgehead atoms. The number of aromatic nitrogens is 3. The number of sulfonamides is 1. The van der Waals surface area contributed by atoms with Gasteiger partial charge in [0.1, 0.15) is 15.7 Å². The molecule has 18 heavy (non-hydrogen) atoms. The van der Waals surface area contributed by atoms with E-state index in [1.807, 2.05) is 0 Å². The Hall–Kier alpha value is -1.45. The molecule has 2 aromatic heterocycles. The Morgan fingerprint density at radius 1 is 1.44 bits per heavy atom. The van der Waals surface area contributed by atoms with Gasteiger partial charge < -0.3 is 5.73 Å². The van der Waals surface area contributed by atoms with Crippen LogP contribution < -0.4 is 10.5 Å². The summed E-state index contributed by atoms with van der Waals surface area (Å²) in [5.41, 5.74) is 5.41. The number of aryl methyl sites for hydroxylation is 1. The molecule has 0 unspecified atom stereocenters. The lowest BCUT2D eigenvalue weighted by Gasteiger charge is -2.05. The third kappa shape index (κ3) is 2.68. The van der Waals surface area contributed by atoms with E-state index in [2.05, 4.69) is 19.9 Å². The number of anilines is 2. The van der Waals surface area contributed by atoms with Gasteiger partial charge in [-0.05, 0) is 13.0 Å². The molecule has 0 radical (unpaired) electrons. The van der Waals surface area contributed by atoms with Crippen LogP contribution in [-0.4, -0.2) is 23.6 Å². The number of halogens is 1. The summed E-state index contributed by atoms with van der Waals surface area (Å²) in [4.78, 5) is 3.60. The molecule has 10 heteroatoms. The zero-order chi connectivity index (χ0) is 13.3. The minimum absolute atomic E-state index is 0.0716. The first-order valence-electron chi connectivity index (χ1n) is 4.62. The molecule has 0 aliphatic heterocycles. The lowest BCUT2D eigenvalue weighted by atomic mass is 10.5. The van der Waals surface area contributed by atoms with Crippen molar-refractivity contribution in [2.45, 2.75) is 11.8 Å². The van der Waals surface area contributed by atoms with Crippen molar-refractivity contribution in [3.05, 3.63) is 22.3 Å². The molecular formula is C8H8ClN5O2S2. The number of pyridine rings is 1. The monoisotopic (exact) mass is 305 g/mol. The first kappa shape index (κ1) is 13.0. The molecule has 2 rings (SSSR count). The van der Waals surface area contributed by atoms with E-state index in [9.17, 15) is 8.42 Å². The van der Waals surface area contributed by atoms with E-state index < -0.39 is 10.0 Å². The number of hydrogen-bond acceptors (Lipinski definition) is 7. The summed E-state index contributed by atoms with van der Waals surface area (Å²) >= 11 is 6.85. The Bertz CT molecular complexity index is 685. The van der Waals surface area contributed by atoms with Crippen LogP contribution in [0.1, 0.15) is 5.01 Å². The van der Waals surface area contributed by atoms with Crippen LogP contribution in [0.15, 0.2) is 17.2 Å². The van der Waals surface area contributed by atoms with Gasteiger partial charge in [0, 0.05) is 6.20 Å². The molecular weight excluding hydrogens is 298 g/mol. The number of hydrogen-bond donors (Lipinski definition) is 2. The van der Waals surface area contributed by atoms with E-state index >= 15 is 0 Å². The summed E-state index contributed by atoms with van der Waals surface area (Å²) in [5, 5.41) is 8.28. The molecule has 0 saturated heterocycles. The van der Waals surface area contributed by atoms with Crippen molar-refractivity contribution in [3.63, 3.8) is 0 Å². The molecule has 0 aliphatic rings. The number of nitrogens with zero attached hydrogens (tertiary/aromatic N) is 3. The molecule has 2 aromatic rings. The third-order valence-corrected chi connectivity index (χ3v) is 4.39. The second-order valence-corrected chi connectivity index (χ2v) is 6.54. The maximum atomic E-state index is 12.0. The normalized spacial score (nSPS) is 11.4. The lowest BCUT2D eigenvalue weighted by Crippen LogP contribution is -2.13. The van der Waals surface area contributed by atoms with Gasteiger partial charge in [-0.25, -0.2) is 13.4 Å². The van der Waals surface area contributed by atoms with Crippen LogP contribution in [0.2, 0.25) is 5.02 Å². The second-order valence-electron chi connectivity index (χ2n) is 3.27. The Kier molecular flexibility index (Phi) is 3.37. The van der Waals surface area contributed by atoms with Gasteiger partial charge in [0.2, 0.25) is 5.13 Å². The van der Waals surface area contributed by atoms with Gasteiger partial charge in [-0.1, -0.05) is 22.9 Å². The first-order chi connectivity index (χ1) is 8.38. The maximum absolute atomic E-state index is 12.0. The fraction of sp³-hybridized carbons (Fsp3) is 0.125. The van der Waals surface area contributed by atoms with Crippen molar-refractivity contribution in [3.8, 4) is 0 Å². The van der Waals surface area contributed by atoms with Crippen molar-refractivity contribution in [1.82, 2.24) is 15.2 Å². The topological polar surface area (TPSA) is 111 Å². The number of nitrogens with two attached hydrogens (primary N) is 1. The fourth-order valence-electron chi connectivity index (χ4n) is 1.09. The molecule has 7 nitrogen and oxygen atoms in total. The predicted octanol–water partition coefficient (Wildman–Crippen LogP) is 1.28. The SMILES string of the molecule is Cc1nnc(NS(=O)(=O)c2cnc(N)c(Cl)c2)s1. The molecule has 96 valence electrons. The molecule has 0 amide bonds. The summed E-state index contributed by atoms with van der Waals surface area (Å²) in [6.07, 6.45) is 1.12. The average Bonchev–Trinajstić information content (AvgIpc) is 2.67. The van der Waals surface area contributed by atoms with Crippen LogP contribution in [0.4, 0.5) is 10.9 Å². The molecule has 0 atom stereocenters. The zero-order valence-corrected chi connectivity index (χ0v) is 11.5. The number of rotatable bonds is 3. The van der Waals surface area contributed by atoms with E-state index in [-0.39, 0.29) is 20.9 Å². The van der Waals surface area contributed by atoms with E-state index in [0.29, 0.717) is 5.01 Å². The number of nitrogens with one attached hydrogen (secondary N) is 1. The van der Waals surface area contributed by atoms with Crippen molar-refractivity contribution in [1.29, 1.82) is 0 Å². The highest BCUT2D eigenvalue weighted by atomic mass is 35.5. The summed E-state index contributed by atoms with van der Waals surface area (Å²) in [7, 11) is -3.78. The molecule has 0 saturated carbocycles. The Labute approximate surface area is 112 Å². The predicted molar refractivity (Wildman–Crippen MR) is 69.1 cm³/mol. The van der Waals surface area contributed by atoms with Crippen molar-refractivity contribution in [2.24, 2.45) is 0 Å². The lowest BCUT2D eigenvalue weighted by molar-refractivity contribution is 0.600. The molecule has 0 fully saturated rings. The zero-order valence-electron chi connectivity index (χ0n) is 9.08. The first-order valence-corrected chi connectivity index (χ1v) is 7.30. The van der Waals surface area contributed by atoms with Crippen LogP contribution >= 0.6 is 22.9 Å². The summed E-state index contributed by atoms with van der Waals surface area (Å²) < 4.78 is 26.2. The fourth-order valence-corrected chi connectivity index (χ4v) is 3.11. The van der Waals surface area contributed by atoms with Crippen molar-refractivity contribution in [2.75, 3.05) is 10.5 Å². The summed E-state index contributed by atoms with van der Waals surface area (Å²) in [6, 6.07) is 1.22. The van der Waals surface area contributed by atoms with Gasteiger partial charge in [0.05, 0.1) is 5.02 Å². The van der Waals surface area contributed by atoms with E-state index in [1.165, 1.54) is 6.07 Å². The highest BCUT2D eigenvalue weighted by Gasteiger charge is 2.18. The van der Waals surface area contributed by atoms with Crippen molar-refractivity contribution < 1.29 is 8.42 Å². The van der Waals surface area contributed by atoms with E-state index in [1.54, 1.807) is 6.92 Å². The average molecular weight is 306 g/mol. The van der Waals surface area contributed by atoms with Crippen LogP contribution in [0, 0.1) is 6.92 Å². The van der Waals surface area contributed by atoms with E-state index in [4.69, 9.17) is 17.3 Å². The Morgan fingerprint density at radius 3 is 2.72 bits per heavy atom. The minimum Gasteiger partial charge on any atom is -0.382 e. The molecule has 0 spiro atoms. The van der Waals surface area contributed by atoms with Crippen LogP contribution in [-0.2, 0) is 10.0 Å². The van der Waals surface area contributed by atoms with Gasteiger partial charge in [0.15, 0.2) is 0 Å². The summed E-state index contributed by atoms with van der Waals surface area (Å²) in [6.45, 7) is 1.72. The van der Waals surface area contributed by atoms with Crippen molar-refractivity contribution >= 4 is 43.9 Å². The number of nitrogen functional groups attached to an aromatic ring is 1. The van der Waals surface area contributed by atoms with Gasteiger partial charge >= 0.3 is 0 Å². The van der Waals surface area contributed by atoms with Gasteiger partial charge in [0.25, 0.3) is 10.0 Å². The quantitative estimate of drug-likeness (QED) is 0.883. The maximum Gasteiger partial charge on any atom is 0.265 e. The molecule has 0 aliphatic carbocycles. The van der Waals surface area contributed by atoms with Crippen LogP contribution in [0.5, 0.6) is 0 Å². The van der Waals surface area contributed by atoms with Gasteiger partial charge in [-0.15, -0.1) is 10.2 Å².